The van der Waals surface area contributed by atoms with Gasteiger partial charge in [-0.1, -0.05) is 0 Å². The zero-order valence-corrected chi connectivity index (χ0v) is 17.7. The van der Waals surface area contributed by atoms with Crippen molar-refractivity contribution in [3.63, 3.8) is 0 Å². The Morgan fingerprint density at radius 2 is 2.00 bits per heavy atom. The highest BCUT2D eigenvalue weighted by atomic mass is 79.9. The van der Waals surface area contributed by atoms with E-state index >= 15 is 0 Å². The maximum Gasteiger partial charge on any atom is 0.275 e. The van der Waals surface area contributed by atoms with Crippen LogP contribution in [0.5, 0.6) is 0 Å². The summed E-state index contributed by atoms with van der Waals surface area (Å²) in [5.41, 5.74) is 2.95. The summed E-state index contributed by atoms with van der Waals surface area (Å²) in [6.07, 6.45) is 9.07. The minimum absolute atomic E-state index is 0.0141. The molecule has 0 radical (unpaired) electrons. The van der Waals surface area contributed by atoms with E-state index in [1.807, 2.05) is 31.3 Å². The van der Waals surface area contributed by atoms with Gasteiger partial charge in [0, 0.05) is 34.1 Å². The number of hydrogen-bond donors (Lipinski definition) is 0. The molecule has 0 N–H and O–H groups in total. The minimum Gasteiger partial charge on any atom is -0.331 e. The van der Waals surface area contributed by atoms with E-state index in [4.69, 9.17) is 0 Å². The maximum atomic E-state index is 13.6. The Balaban J connectivity index is 1.42. The van der Waals surface area contributed by atoms with Gasteiger partial charge in [-0.25, -0.2) is 4.98 Å². The number of aryl methyl sites for hydroxylation is 1. The first-order valence-electron chi connectivity index (χ1n) is 9.87. The summed E-state index contributed by atoms with van der Waals surface area (Å²) in [6.45, 7) is 1.90. The molecule has 5 heterocycles. The van der Waals surface area contributed by atoms with Crippen molar-refractivity contribution in [1.29, 1.82) is 0 Å². The Morgan fingerprint density at radius 1 is 1.17 bits per heavy atom. The molecule has 0 spiro atoms. The van der Waals surface area contributed by atoms with Crippen molar-refractivity contribution in [2.24, 2.45) is 5.92 Å². The summed E-state index contributed by atoms with van der Waals surface area (Å²) < 4.78 is 0.983. The van der Waals surface area contributed by atoms with Gasteiger partial charge in [0.1, 0.15) is 5.69 Å². The molecule has 0 aliphatic carbocycles. The van der Waals surface area contributed by atoms with Gasteiger partial charge in [-0.2, -0.15) is 10.2 Å². The van der Waals surface area contributed by atoms with Gasteiger partial charge in [-0.05, 0) is 78.7 Å². The molecule has 3 aromatic heterocycles. The standard InChI is InChI=1S/C21H21BrN6O/c1-13-2-6-19(28-24-8-9-25-28)20(26-13)21(29)27-17-5-7-18(27)14(11-17)10-16-4-3-15(22)12-23-16/h2-4,6,8-9,12,14,17-18H,5,7,10-11H2,1H3. The lowest BCUT2D eigenvalue weighted by Crippen LogP contribution is -2.38. The molecule has 3 unspecified atom stereocenters. The highest BCUT2D eigenvalue weighted by Gasteiger charge is 2.49. The first-order chi connectivity index (χ1) is 14.1. The number of aromatic nitrogens is 5. The fraction of sp³-hybridized carbons (Fsp3) is 0.381. The maximum absolute atomic E-state index is 13.6. The van der Waals surface area contributed by atoms with Crippen LogP contribution in [0.1, 0.15) is 41.1 Å². The van der Waals surface area contributed by atoms with E-state index in [1.54, 1.807) is 12.4 Å². The van der Waals surface area contributed by atoms with Crippen molar-refractivity contribution in [2.45, 2.75) is 44.7 Å². The zero-order valence-electron chi connectivity index (χ0n) is 16.1. The molecular formula is C21H21BrN6O. The molecule has 148 valence electrons. The number of carbonyl (C=O) groups is 1. The minimum atomic E-state index is -0.0141. The molecule has 2 fully saturated rings. The Labute approximate surface area is 177 Å². The van der Waals surface area contributed by atoms with Crippen LogP contribution in [0.2, 0.25) is 0 Å². The number of nitrogens with zero attached hydrogens (tertiary/aromatic N) is 6. The SMILES string of the molecule is Cc1ccc(-n2nccn2)c(C(=O)N2C3CCC2C(Cc2ccc(Br)cn2)C3)n1. The van der Waals surface area contributed by atoms with Crippen LogP contribution >= 0.6 is 15.9 Å². The third-order valence-corrected chi connectivity index (χ3v) is 6.48. The Kier molecular flexibility index (Phi) is 4.66. The highest BCUT2D eigenvalue weighted by molar-refractivity contribution is 9.10. The van der Waals surface area contributed by atoms with E-state index in [2.05, 4.69) is 47.1 Å². The summed E-state index contributed by atoms with van der Waals surface area (Å²) in [7, 11) is 0. The van der Waals surface area contributed by atoms with Crippen molar-refractivity contribution in [1.82, 2.24) is 29.9 Å². The van der Waals surface area contributed by atoms with E-state index < -0.39 is 0 Å². The Bertz CT molecular complexity index is 1040. The third kappa shape index (κ3) is 3.35. The fourth-order valence-electron chi connectivity index (χ4n) is 4.78. The van der Waals surface area contributed by atoms with Crippen molar-refractivity contribution < 1.29 is 4.79 Å². The second kappa shape index (κ2) is 7.33. The van der Waals surface area contributed by atoms with Crippen LogP contribution in [0.3, 0.4) is 0 Å². The molecule has 2 aliphatic heterocycles. The molecule has 3 aromatic rings. The molecule has 0 aromatic carbocycles. The van der Waals surface area contributed by atoms with Crippen LogP contribution in [-0.4, -0.2) is 47.9 Å². The van der Waals surface area contributed by atoms with E-state index in [0.29, 0.717) is 17.3 Å². The zero-order chi connectivity index (χ0) is 20.0. The molecule has 3 atom stereocenters. The molecule has 5 rings (SSSR count). The van der Waals surface area contributed by atoms with E-state index in [-0.39, 0.29) is 18.0 Å². The van der Waals surface area contributed by atoms with Gasteiger partial charge >= 0.3 is 0 Å². The number of amides is 1. The van der Waals surface area contributed by atoms with Crippen molar-refractivity contribution in [2.75, 3.05) is 0 Å². The molecule has 29 heavy (non-hydrogen) atoms. The van der Waals surface area contributed by atoms with Gasteiger partial charge < -0.3 is 4.90 Å². The first-order valence-corrected chi connectivity index (χ1v) is 10.7. The van der Waals surface area contributed by atoms with Gasteiger partial charge in [0.25, 0.3) is 5.91 Å². The summed E-state index contributed by atoms with van der Waals surface area (Å²) in [5, 5.41) is 8.40. The van der Waals surface area contributed by atoms with Gasteiger partial charge in [0.05, 0.1) is 12.4 Å². The van der Waals surface area contributed by atoms with Crippen LogP contribution < -0.4 is 0 Å². The van der Waals surface area contributed by atoms with E-state index in [0.717, 1.165) is 41.5 Å². The largest absolute Gasteiger partial charge is 0.331 e. The first kappa shape index (κ1) is 18.4. The van der Waals surface area contributed by atoms with Crippen LogP contribution in [0.25, 0.3) is 5.69 Å². The number of halogens is 1. The highest BCUT2D eigenvalue weighted by Crippen LogP contribution is 2.44. The predicted octanol–water partition coefficient (Wildman–Crippen LogP) is 3.36. The fourth-order valence-corrected chi connectivity index (χ4v) is 5.01. The predicted molar refractivity (Wildman–Crippen MR) is 111 cm³/mol. The van der Waals surface area contributed by atoms with E-state index in [9.17, 15) is 4.79 Å². The number of rotatable bonds is 4. The van der Waals surface area contributed by atoms with Crippen molar-refractivity contribution in [3.8, 4) is 5.69 Å². The molecule has 1 amide bonds. The number of hydrogen-bond acceptors (Lipinski definition) is 5. The normalized spacial score (nSPS) is 23.0. The van der Waals surface area contributed by atoms with Crippen molar-refractivity contribution >= 4 is 21.8 Å². The summed E-state index contributed by atoms with van der Waals surface area (Å²) in [6, 6.07) is 8.35. The van der Waals surface area contributed by atoms with Crippen LogP contribution in [0.15, 0.2) is 47.3 Å². The van der Waals surface area contributed by atoms with Crippen LogP contribution in [-0.2, 0) is 6.42 Å². The summed E-state index contributed by atoms with van der Waals surface area (Å²) >= 11 is 3.44. The number of pyridine rings is 2. The topological polar surface area (TPSA) is 76.8 Å². The smallest absolute Gasteiger partial charge is 0.275 e. The third-order valence-electron chi connectivity index (χ3n) is 6.01. The van der Waals surface area contributed by atoms with Crippen molar-refractivity contribution in [3.05, 3.63) is 64.4 Å². The quantitative estimate of drug-likeness (QED) is 0.606. The van der Waals surface area contributed by atoms with E-state index in [1.165, 1.54) is 4.80 Å². The molecule has 7 nitrogen and oxygen atoms in total. The second-order valence-corrected chi connectivity index (χ2v) is 8.73. The second-order valence-electron chi connectivity index (χ2n) is 7.82. The van der Waals surface area contributed by atoms with Gasteiger partial charge in [-0.15, -0.1) is 4.80 Å². The lowest BCUT2D eigenvalue weighted by Gasteiger charge is -2.25. The molecular weight excluding hydrogens is 432 g/mol. The Hall–Kier alpha value is -2.61. The number of carbonyl (C=O) groups excluding carboxylic acids is 1. The van der Waals surface area contributed by atoms with Gasteiger partial charge in [0.15, 0.2) is 5.69 Å². The van der Waals surface area contributed by atoms with Gasteiger partial charge in [-0.3, -0.25) is 9.78 Å². The monoisotopic (exact) mass is 452 g/mol. The lowest BCUT2D eigenvalue weighted by atomic mass is 9.86. The van der Waals surface area contributed by atoms with Crippen LogP contribution in [0, 0.1) is 12.8 Å². The average Bonchev–Trinajstić information content (AvgIpc) is 3.45. The summed E-state index contributed by atoms with van der Waals surface area (Å²) in [5.74, 6) is 0.419. The molecule has 0 saturated carbocycles. The van der Waals surface area contributed by atoms with Crippen LogP contribution in [0.4, 0.5) is 0 Å². The molecule has 2 bridgehead atoms. The lowest BCUT2D eigenvalue weighted by molar-refractivity contribution is 0.0712. The molecule has 2 saturated heterocycles. The molecule has 2 aliphatic rings. The van der Waals surface area contributed by atoms with Gasteiger partial charge in [0.2, 0.25) is 0 Å². The molecule has 8 heteroatoms. The average molecular weight is 453 g/mol. The summed E-state index contributed by atoms with van der Waals surface area (Å²) in [4.78, 5) is 26.2. The number of fused-ring (bicyclic) bond motifs is 2. The Morgan fingerprint density at radius 3 is 2.76 bits per heavy atom.